The van der Waals surface area contributed by atoms with E-state index in [1.54, 1.807) is 6.92 Å². The summed E-state index contributed by atoms with van der Waals surface area (Å²) in [5.74, 6) is -0.0349. The normalized spacial score (nSPS) is 10.4. The molecule has 0 saturated heterocycles. The van der Waals surface area contributed by atoms with Crippen LogP contribution in [0.1, 0.15) is 34.6 Å². The van der Waals surface area contributed by atoms with Crippen molar-refractivity contribution in [2.75, 3.05) is 6.61 Å². The molecule has 5 nitrogen and oxygen atoms in total. The Morgan fingerprint density at radius 1 is 1.37 bits per heavy atom. The first kappa shape index (κ1) is 13.1. The molecular formula is C14H15NO4. The Labute approximate surface area is 110 Å². The summed E-state index contributed by atoms with van der Waals surface area (Å²) in [7, 11) is 0. The van der Waals surface area contributed by atoms with Crippen molar-refractivity contribution < 1.29 is 19.1 Å². The van der Waals surface area contributed by atoms with Crippen molar-refractivity contribution in [2.45, 2.75) is 20.3 Å². The molecule has 100 valence electrons. The van der Waals surface area contributed by atoms with Crippen LogP contribution < -0.4 is 4.74 Å². The number of hydrogen-bond donors (Lipinski definition) is 1. The molecule has 19 heavy (non-hydrogen) atoms. The van der Waals surface area contributed by atoms with Gasteiger partial charge in [0, 0.05) is 13.3 Å². The maximum atomic E-state index is 11.0. The fraction of sp³-hybridized carbons (Fsp3) is 0.286. The lowest BCUT2D eigenvalue weighted by molar-refractivity contribution is 0.0659. The number of ether oxygens (including phenoxy) is 1. The zero-order valence-corrected chi connectivity index (χ0v) is 10.8. The van der Waals surface area contributed by atoms with Crippen LogP contribution in [0.5, 0.6) is 5.75 Å². The molecule has 1 heterocycles. The Morgan fingerprint density at radius 3 is 2.63 bits per heavy atom. The molecule has 2 aromatic rings. The van der Waals surface area contributed by atoms with Gasteiger partial charge in [-0.2, -0.15) is 0 Å². The maximum Gasteiger partial charge on any atom is 0.373 e. The number of aromatic nitrogens is 1. The summed E-state index contributed by atoms with van der Waals surface area (Å²) >= 11 is 0. The smallest absolute Gasteiger partial charge is 0.373 e. The van der Waals surface area contributed by atoms with Gasteiger partial charge in [-0.05, 0) is 24.6 Å². The van der Waals surface area contributed by atoms with Gasteiger partial charge in [0.05, 0.1) is 12.3 Å². The zero-order chi connectivity index (χ0) is 13.8. The van der Waals surface area contributed by atoms with Gasteiger partial charge in [0.15, 0.2) is 5.89 Å². The Morgan fingerprint density at radius 2 is 2.05 bits per heavy atom. The van der Waals surface area contributed by atoms with Crippen LogP contribution in [0.3, 0.4) is 0 Å². The summed E-state index contributed by atoms with van der Waals surface area (Å²) < 4.78 is 10.4. The summed E-state index contributed by atoms with van der Waals surface area (Å²) in [5, 5.41) is 9.02. The van der Waals surface area contributed by atoms with E-state index in [2.05, 4.69) is 4.98 Å². The molecule has 5 heteroatoms. The number of oxazole rings is 1. The monoisotopic (exact) mass is 261 g/mol. The Hall–Kier alpha value is -2.30. The number of aryl methyl sites for hydroxylation is 1. The number of carbonyl (C=O) groups is 1. The fourth-order valence-electron chi connectivity index (χ4n) is 1.82. The molecule has 0 aliphatic heterocycles. The second kappa shape index (κ2) is 5.56. The van der Waals surface area contributed by atoms with Crippen molar-refractivity contribution in [3.63, 3.8) is 0 Å². The number of hydrogen-bond acceptors (Lipinski definition) is 4. The maximum absolute atomic E-state index is 11.0. The van der Waals surface area contributed by atoms with E-state index in [4.69, 9.17) is 14.3 Å². The van der Waals surface area contributed by atoms with Gasteiger partial charge in [0.2, 0.25) is 5.76 Å². The third-order valence-electron chi connectivity index (χ3n) is 2.60. The predicted octanol–water partition coefficient (Wildman–Crippen LogP) is 2.67. The van der Waals surface area contributed by atoms with E-state index in [-0.39, 0.29) is 5.76 Å². The number of carboxylic acid groups (broad SMARTS) is 1. The molecular weight excluding hydrogens is 246 g/mol. The molecule has 0 radical (unpaired) electrons. The Bertz CT molecular complexity index is 572. The first-order valence-electron chi connectivity index (χ1n) is 6.01. The van der Waals surface area contributed by atoms with Crippen molar-refractivity contribution >= 4 is 5.97 Å². The molecule has 0 bridgehead atoms. The lowest BCUT2D eigenvalue weighted by atomic mass is 10.1. The van der Waals surface area contributed by atoms with E-state index in [1.165, 1.54) is 0 Å². The third kappa shape index (κ3) is 3.13. The average molecular weight is 261 g/mol. The third-order valence-corrected chi connectivity index (χ3v) is 2.60. The summed E-state index contributed by atoms with van der Waals surface area (Å²) in [6.07, 6.45) is 0.422. The highest BCUT2D eigenvalue weighted by molar-refractivity contribution is 5.85. The van der Waals surface area contributed by atoms with Crippen molar-refractivity contribution in [3.05, 3.63) is 47.2 Å². The summed E-state index contributed by atoms with van der Waals surface area (Å²) in [6, 6.07) is 7.49. The molecule has 0 spiro atoms. The van der Waals surface area contributed by atoms with Gasteiger partial charge in [-0.3, -0.25) is 0 Å². The van der Waals surface area contributed by atoms with E-state index < -0.39 is 5.97 Å². The highest BCUT2D eigenvalue weighted by Crippen LogP contribution is 2.18. The van der Waals surface area contributed by atoms with Gasteiger partial charge in [0.1, 0.15) is 5.75 Å². The van der Waals surface area contributed by atoms with Crippen LogP contribution in [0.4, 0.5) is 0 Å². The first-order chi connectivity index (χ1) is 9.10. The van der Waals surface area contributed by atoms with Crippen molar-refractivity contribution in [1.29, 1.82) is 0 Å². The van der Waals surface area contributed by atoms with Crippen LogP contribution in [-0.2, 0) is 6.42 Å². The lowest BCUT2D eigenvalue weighted by Gasteiger charge is -2.04. The molecule has 0 saturated carbocycles. The first-order valence-corrected chi connectivity index (χ1v) is 6.01. The second-order valence-electron chi connectivity index (χ2n) is 4.07. The van der Waals surface area contributed by atoms with Gasteiger partial charge in [-0.1, -0.05) is 12.1 Å². The standard InChI is InChI=1S/C14H15NO4/c1-3-18-11-6-4-10(5-7-11)8-12-13(14(16)17)19-9(2)15-12/h4-7H,3,8H2,1-2H3,(H,16,17). The summed E-state index contributed by atoms with van der Waals surface area (Å²) in [6.45, 7) is 4.17. The van der Waals surface area contributed by atoms with Crippen molar-refractivity contribution in [1.82, 2.24) is 4.98 Å². The van der Waals surface area contributed by atoms with Crippen LogP contribution in [-0.4, -0.2) is 22.7 Å². The minimum Gasteiger partial charge on any atom is -0.494 e. The van der Waals surface area contributed by atoms with Gasteiger partial charge < -0.3 is 14.3 Å². The Kier molecular flexibility index (Phi) is 3.85. The molecule has 1 aromatic heterocycles. The largest absolute Gasteiger partial charge is 0.494 e. The van der Waals surface area contributed by atoms with Crippen LogP contribution in [0.15, 0.2) is 28.7 Å². The predicted molar refractivity (Wildman–Crippen MR) is 68.6 cm³/mol. The highest BCUT2D eigenvalue weighted by Gasteiger charge is 2.17. The SMILES string of the molecule is CCOc1ccc(Cc2nc(C)oc2C(=O)O)cc1. The molecule has 0 atom stereocenters. The van der Waals surface area contributed by atoms with Crippen LogP contribution in [0.2, 0.25) is 0 Å². The molecule has 0 aliphatic rings. The van der Waals surface area contributed by atoms with Gasteiger partial charge >= 0.3 is 5.97 Å². The van der Waals surface area contributed by atoms with E-state index >= 15 is 0 Å². The number of carboxylic acids is 1. The van der Waals surface area contributed by atoms with E-state index in [0.29, 0.717) is 24.6 Å². The molecule has 0 unspecified atom stereocenters. The average Bonchev–Trinajstić information content (AvgIpc) is 2.73. The molecule has 1 aromatic carbocycles. The molecule has 0 amide bonds. The minimum absolute atomic E-state index is 0.0913. The fourth-order valence-corrected chi connectivity index (χ4v) is 1.82. The van der Waals surface area contributed by atoms with Crippen molar-refractivity contribution in [3.8, 4) is 5.75 Å². The van der Waals surface area contributed by atoms with Crippen LogP contribution >= 0.6 is 0 Å². The van der Waals surface area contributed by atoms with Crippen LogP contribution in [0, 0.1) is 6.92 Å². The number of rotatable bonds is 5. The number of nitrogens with zero attached hydrogens (tertiary/aromatic N) is 1. The van der Waals surface area contributed by atoms with E-state index in [1.807, 2.05) is 31.2 Å². The van der Waals surface area contributed by atoms with E-state index in [9.17, 15) is 4.79 Å². The topological polar surface area (TPSA) is 72.6 Å². The van der Waals surface area contributed by atoms with Gasteiger partial charge in [-0.25, -0.2) is 9.78 Å². The zero-order valence-electron chi connectivity index (χ0n) is 10.8. The molecule has 1 N–H and O–H groups in total. The molecule has 2 rings (SSSR count). The highest BCUT2D eigenvalue weighted by atomic mass is 16.5. The van der Waals surface area contributed by atoms with Gasteiger partial charge in [-0.15, -0.1) is 0 Å². The minimum atomic E-state index is -1.10. The number of aromatic carboxylic acids is 1. The van der Waals surface area contributed by atoms with Crippen molar-refractivity contribution in [2.24, 2.45) is 0 Å². The van der Waals surface area contributed by atoms with E-state index in [0.717, 1.165) is 11.3 Å². The quantitative estimate of drug-likeness (QED) is 0.895. The summed E-state index contributed by atoms with van der Waals surface area (Å²) in [4.78, 5) is 15.1. The molecule has 0 aliphatic carbocycles. The number of benzene rings is 1. The Balaban J connectivity index is 2.18. The van der Waals surface area contributed by atoms with Gasteiger partial charge in [0.25, 0.3) is 0 Å². The lowest BCUT2D eigenvalue weighted by Crippen LogP contribution is -2.01. The second-order valence-corrected chi connectivity index (χ2v) is 4.07. The summed E-state index contributed by atoms with van der Waals surface area (Å²) in [5.41, 5.74) is 1.40. The molecule has 0 fully saturated rings. The van der Waals surface area contributed by atoms with Crippen LogP contribution in [0.25, 0.3) is 0 Å².